The maximum absolute atomic E-state index is 12.4. The average Bonchev–Trinajstić information content (AvgIpc) is 2.79. The highest BCUT2D eigenvalue weighted by Crippen LogP contribution is 2.27. The van der Waals surface area contributed by atoms with Gasteiger partial charge in [-0.05, 0) is 24.1 Å². The van der Waals surface area contributed by atoms with E-state index in [9.17, 15) is 9.59 Å². The normalized spacial score (nSPS) is 10.3. The minimum atomic E-state index is -0.0948. The number of carbonyl (C=O) groups excluding carboxylic acids is 2. The lowest BCUT2D eigenvalue weighted by Crippen LogP contribution is -2.43. The third-order valence-corrected chi connectivity index (χ3v) is 4.70. The molecule has 2 aromatic carbocycles. The highest BCUT2D eigenvalue weighted by atomic mass is 16.5. The number of hydrogen-bond acceptors (Lipinski definition) is 4. The van der Waals surface area contributed by atoms with E-state index >= 15 is 0 Å². The van der Waals surface area contributed by atoms with Crippen molar-refractivity contribution in [3.8, 4) is 11.5 Å². The molecule has 0 unspecified atom stereocenters. The molecular formula is C24H25N2O4+. The first kappa shape index (κ1) is 21.0. The fourth-order valence-electron chi connectivity index (χ4n) is 3.07. The van der Waals surface area contributed by atoms with Gasteiger partial charge in [0.2, 0.25) is 6.54 Å². The Morgan fingerprint density at radius 3 is 2.20 bits per heavy atom. The van der Waals surface area contributed by atoms with E-state index in [1.54, 1.807) is 55.4 Å². The van der Waals surface area contributed by atoms with E-state index in [2.05, 4.69) is 5.32 Å². The van der Waals surface area contributed by atoms with Crippen LogP contribution in [0.1, 0.15) is 21.5 Å². The van der Waals surface area contributed by atoms with Crippen molar-refractivity contribution in [2.75, 3.05) is 20.8 Å². The van der Waals surface area contributed by atoms with Crippen LogP contribution in [0.3, 0.4) is 0 Å². The Labute approximate surface area is 176 Å². The first-order chi connectivity index (χ1) is 14.6. The Kier molecular flexibility index (Phi) is 7.16. The lowest BCUT2D eigenvalue weighted by atomic mass is 10.0. The number of carbonyl (C=O) groups is 2. The topological polar surface area (TPSA) is 68.5 Å². The monoisotopic (exact) mass is 405 g/mol. The van der Waals surface area contributed by atoms with Crippen molar-refractivity contribution in [2.24, 2.45) is 0 Å². The van der Waals surface area contributed by atoms with E-state index in [4.69, 9.17) is 9.47 Å². The number of pyridine rings is 1. The quantitative estimate of drug-likeness (QED) is 0.439. The molecule has 3 rings (SSSR count). The summed E-state index contributed by atoms with van der Waals surface area (Å²) in [7, 11) is 3.19. The van der Waals surface area contributed by atoms with Crippen molar-refractivity contribution in [2.45, 2.75) is 13.0 Å². The lowest BCUT2D eigenvalue weighted by molar-refractivity contribution is -0.684. The molecule has 0 atom stereocenters. The number of aromatic nitrogens is 1. The van der Waals surface area contributed by atoms with Crippen LogP contribution < -0.4 is 19.4 Å². The van der Waals surface area contributed by atoms with Gasteiger partial charge in [0.05, 0.1) is 14.2 Å². The molecule has 6 nitrogen and oxygen atoms in total. The molecule has 1 amide bonds. The minimum Gasteiger partial charge on any atom is -0.493 e. The molecule has 30 heavy (non-hydrogen) atoms. The van der Waals surface area contributed by atoms with Crippen LogP contribution in [0.15, 0.2) is 73.1 Å². The lowest BCUT2D eigenvalue weighted by Gasteiger charge is -2.09. The second-order valence-corrected chi connectivity index (χ2v) is 6.74. The SMILES string of the molecule is COc1ccc(CCNC(=O)C[n+]2ccc(C(=O)c3ccccc3)cc2)cc1OC. The van der Waals surface area contributed by atoms with Crippen LogP contribution in [0.5, 0.6) is 11.5 Å². The molecule has 0 saturated heterocycles. The van der Waals surface area contributed by atoms with Crippen molar-refractivity contribution in [1.82, 2.24) is 5.32 Å². The summed E-state index contributed by atoms with van der Waals surface area (Å²) in [6.07, 6.45) is 4.16. The van der Waals surface area contributed by atoms with Crippen molar-refractivity contribution in [3.05, 3.63) is 89.7 Å². The molecule has 0 aliphatic heterocycles. The van der Waals surface area contributed by atoms with Crippen LogP contribution in [0, 0.1) is 0 Å². The van der Waals surface area contributed by atoms with Crippen molar-refractivity contribution in [1.29, 1.82) is 0 Å². The fraction of sp³-hybridized carbons (Fsp3) is 0.208. The van der Waals surface area contributed by atoms with Crippen LogP contribution in [0.25, 0.3) is 0 Å². The summed E-state index contributed by atoms with van der Waals surface area (Å²) in [4.78, 5) is 24.7. The number of nitrogens with zero attached hydrogens (tertiary/aromatic N) is 1. The van der Waals surface area contributed by atoms with E-state index in [1.807, 2.05) is 36.4 Å². The molecule has 0 bridgehead atoms. The maximum Gasteiger partial charge on any atom is 0.285 e. The van der Waals surface area contributed by atoms with Crippen LogP contribution in [-0.4, -0.2) is 32.5 Å². The summed E-state index contributed by atoms with van der Waals surface area (Å²) in [5.74, 6) is 1.21. The van der Waals surface area contributed by atoms with Crippen molar-refractivity contribution >= 4 is 11.7 Å². The zero-order valence-corrected chi connectivity index (χ0v) is 17.1. The number of benzene rings is 2. The third-order valence-electron chi connectivity index (χ3n) is 4.70. The molecule has 6 heteroatoms. The van der Waals surface area contributed by atoms with Gasteiger partial charge in [0, 0.05) is 29.8 Å². The van der Waals surface area contributed by atoms with Gasteiger partial charge in [-0.2, -0.15) is 4.57 Å². The largest absolute Gasteiger partial charge is 0.493 e. The van der Waals surface area contributed by atoms with Crippen molar-refractivity contribution in [3.63, 3.8) is 0 Å². The molecule has 0 aliphatic rings. The van der Waals surface area contributed by atoms with Crippen LogP contribution in [0.4, 0.5) is 0 Å². The van der Waals surface area contributed by atoms with Crippen LogP contribution >= 0.6 is 0 Å². The molecular weight excluding hydrogens is 380 g/mol. The molecule has 0 radical (unpaired) electrons. The summed E-state index contributed by atoms with van der Waals surface area (Å²) in [5.41, 5.74) is 2.28. The fourth-order valence-corrected chi connectivity index (χ4v) is 3.07. The van der Waals surface area contributed by atoms with Gasteiger partial charge in [0.1, 0.15) is 0 Å². The summed E-state index contributed by atoms with van der Waals surface area (Å²) < 4.78 is 12.3. The van der Waals surface area contributed by atoms with E-state index in [-0.39, 0.29) is 18.2 Å². The number of hydrogen-bond donors (Lipinski definition) is 1. The van der Waals surface area contributed by atoms with Gasteiger partial charge in [0.25, 0.3) is 5.91 Å². The predicted molar refractivity (Wildman–Crippen MR) is 113 cm³/mol. The number of nitrogens with one attached hydrogen (secondary N) is 1. The molecule has 1 heterocycles. The highest BCUT2D eigenvalue weighted by molar-refractivity contribution is 6.08. The summed E-state index contributed by atoms with van der Waals surface area (Å²) in [5, 5.41) is 2.91. The molecule has 1 N–H and O–H groups in total. The number of amides is 1. The Morgan fingerprint density at radius 2 is 1.53 bits per heavy atom. The molecule has 154 valence electrons. The number of ether oxygens (including phenoxy) is 2. The standard InChI is InChI=1S/C24H24N2O4/c1-29-21-9-8-18(16-22(21)30-2)10-13-25-23(27)17-26-14-11-20(12-15-26)24(28)19-6-4-3-5-7-19/h3-9,11-12,14-16H,10,13,17H2,1-2H3/p+1. The van der Waals surface area contributed by atoms with Gasteiger partial charge >= 0.3 is 0 Å². The second-order valence-electron chi connectivity index (χ2n) is 6.74. The molecule has 1 aromatic heterocycles. The third kappa shape index (κ3) is 5.44. The summed E-state index contributed by atoms with van der Waals surface area (Å²) in [6, 6.07) is 18.3. The maximum atomic E-state index is 12.4. The number of rotatable bonds is 9. The Morgan fingerprint density at radius 1 is 0.867 bits per heavy atom. The predicted octanol–water partition coefficient (Wildman–Crippen LogP) is 2.58. The number of ketones is 1. The molecule has 0 saturated carbocycles. The minimum absolute atomic E-state index is 0.0397. The number of methoxy groups -OCH3 is 2. The van der Waals surface area contributed by atoms with Gasteiger partial charge in [-0.15, -0.1) is 0 Å². The van der Waals surface area contributed by atoms with E-state index < -0.39 is 0 Å². The Balaban J connectivity index is 1.50. The zero-order valence-electron chi connectivity index (χ0n) is 17.1. The first-order valence-electron chi connectivity index (χ1n) is 9.67. The summed E-state index contributed by atoms with van der Waals surface area (Å²) >= 11 is 0. The molecule has 0 spiro atoms. The summed E-state index contributed by atoms with van der Waals surface area (Å²) in [6.45, 7) is 0.700. The van der Waals surface area contributed by atoms with Gasteiger partial charge < -0.3 is 14.8 Å². The first-order valence-corrected chi connectivity index (χ1v) is 9.67. The Hall–Kier alpha value is -3.67. The van der Waals surface area contributed by atoms with Crippen molar-refractivity contribution < 1.29 is 23.6 Å². The van der Waals surface area contributed by atoms with E-state index in [0.717, 1.165) is 5.56 Å². The molecule has 0 aliphatic carbocycles. The van der Waals surface area contributed by atoms with E-state index in [0.29, 0.717) is 35.6 Å². The Bertz CT molecular complexity index is 1000. The van der Waals surface area contributed by atoms with Gasteiger partial charge in [-0.1, -0.05) is 36.4 Å². The van der Waals surface area contributed by atoms with E-state index in [1.165, 1.54) is 0 Å². The van der Waals surface area contributed by atoms with Crippen LogP contribution in [0.2, 0.25) is 0 Å². The molecule has 0 fully saturated rings. The zero-order chi connectivity index (χ0) is 21.3. The molecule has 3 aromatic rings. The highest BCUT2D eigenvalue weighted by Gasteiger charge is 2.13. The smallest absolute Gasteiger partial charge is 0.285 e. The van der Waals surface area contributed by atoms with Gasteiger partial charge in [-0.3, -0.25) is 9.59 Å². The van der Waals surface area contributed by atoms with Gasteiger partial charge in [0.15, 0.2) is 29.7 Å². The average molecular weight is 405 g/mol. The van der Waals surface area contributed by atoms with Crippen LogP contribution in [-0.2, 0) is 17.8 Å². The second kappa shape index (κ2) is 10.2. The van der Waals surface area contributed by atoms with Gasteiger partial charge in [-0.25, -0.2) is 0 Å².